The van der Waals surface area contributed by atoms with E-state index < -0.39 is 11.7 Å². The number of alkyl halides is 3. The van der Waals surface area contributed by atoms with E-state index in [-0.39, 0.29) is 0 Å². The monoisotopic (exact) mass is 372 g/mol. The fourth-order valence-electron chi connectivity index (χ4n) is 2.67. The fourth-order valence-corrected chi connectivity index (χ4v) is 3.19. The summed E-state index contributed by atoms with van der Waals surface area (Å²) in [5.74, 6) is 0. The van der Waals surface area contributed by atoms with E-state index in [2.05, 4.69) is 5.10 Å². The van der Waals surface area contributed by atoms with E-state index in [0.717, 1.165) is 12.1 Å². The lowest BCUT2D eigenvalue weighted by atomic mass is 10.1. The second-order valence-corrected chi connectivity index (χ2v) is 6.44. The average Bonchev–Trinajstić information content (AvgIpc) is 2.80. The van der Waals surface area contributed by atoms with Gasteiger partial charge < -0.3 is 0 Å². The Hall–Kier alpha value is -1.72. The van der Waals surface area contributed by atoms with Crippen LogP contribution in [-0.4, -0.2) is 9.78 Å². The topological polar surface area (TPSA) is 17.8 Å². The van der Waals surface area contributed by atoms with Gasteiger partial charge in [0.25, 0.3) is 0 Å². The molecule has 0 N–H and O–H groups in total. The number of rotatable bonds is 2. The molecule has 0 saturated carbocycles. The average molecular weight is 373 g/mol. The number of benzene rings is 2. The normalized spacial score (nSPS) is 12.1. The van der Waals surface area contributed by atoms with E-state index in [9.17, 15) is 13.2 Å². The van der Waals surface area contributed by atoms with Crippen molar-refractivity contribution in [3.8, 4) is 0 Å². The summed E-state index contributed by atoms with van der Waals surface area (Å²) < 4.78 is 40.7. The minimum Gasteiger partial charge on any atom is -0.264 e. The van der Waals surface area contributed by atoms with Crippen LogP contribution in [0.15, 0.2) is 30.3 Å². The minimum atomic E-state index is -4.39. The lowest BCUT2D eigenvalue weighted by Gasteiger charge is -2.09. The summed E-state index contributed by atoms with van der Waals surface area (Å²) in [6.45, 7) is 3.65. The Bertz CT molecular complexity index is 909. The fraction of sp³-hybridized carbons (Fsp3) is 0.235. The molecular weight excluding hydrogens is 360 g/mol. The predicted molar refractivity (Wildman–Crippen MR) is 89.8 cm³/mol. The van der Waals surface area contributed by atoms with Crippen molar-refractivity contribution < 1.29 is 13.2 Å². The Morgan fingerprint density at radius 2 is 1.71 bits per heavy atom. The molecule has 0 amide bonds. The highest BCUT2D eigenvalue weighted by Crippen LogP contribution is 2.34. The maximum Gasteiger partial charge on any atom is 0.416 e. The first-order valence-electron chi connectivity index (χ1n) is 7.16. The Labute approximate surface area is 146 Å². The molecule has 24 heavy (non-hydrogen) atoms. The summed E-state index contributed by atoms with van der Waals surface area (Å²) in [6.07, 6.45) is -4.39. The van der Waals surface area contributed by atoms with Crippen molar-refractivity contribution in [1.29, 1.82) is 0 Å². The van der Waals surface area contributed by atoms with Crippen LogP contribution in [0, 0.1) is 13.8 Å². The van der Waals surface area contributed by atoms with Crippen molar-refractivity contribution in [3.63, 3.8) is 0 Å². The van der Waals surface area contributed by atoms with Crippen LogP contribution in [0.5, 0.6) is 0 Å². The molecule has 2 nitrogen and oxygen atoms in total. The van der Waals surface area contributed by atoms with Crippen LogP contribution in [0.1, 0.15) is 22.4 Å². The van der Waals surface area contributed by atoms with Gasteiger partial charge in [0.05, 0.1) is 17.6 Å². The highest BCUT2D eigenvalue weighted by atomic mass is 35.5. The highest BCUT2D eigenvalue weighted by molar-refractivity contribution is 6.35. The molecule has 126 valence electrons. The predicted octanol–water partition coefficient (Wildman–Crippen LogP) is 6.03. The van der Waals surface area contributed by atoms with Gasteiger partial charge in [0.1, 0.15) is 0 Å². The maximum atomic E-state index is 13.0. The molecule has 0 unspecified atom stereocenters. The van der Waals surface area contributed by atoms with Gasteiger partial charge in [-0.2, -0.15) is 18.3 Å². The Morgan fingerprint density at radius 1 is 1.08 bits per heavy atom. The van der Waals surface area contributed by atoms with Crippen LogP contribution in [0.2, 0.25) is 10.0 Å². The summed E-state index contributed by atoms with van der Waals surface area (Å²) >= 11 is 12.3. The first-order valence-corrected chi connectivity index (χ1v) is 7.92. The number of hydrogen-bond donors (Lipinski definition) is 0. The largest absolute Gasteiger partial charge is 0.416 e. The van der Waals surface area contributed by atoms with Crippen LogP contribution >= 0.6 is 23.2 Å². The first kappa shape index (κ1) is 17.1. The first-order chi connectivity index (χ1) is 11.2. The summed E-state index contributed by atoms with van der Waals surface area (Å²) in [7, 11) is 0. The van der Waals surface area contributed by atoms with Crippen molar-refractivity contribution in [2.24, 2.45) is 0 Å². The van der Waals surface area contributed by atoms with Crippen molar-refractivity contribution in [2.45, 2.75) is 26.6 Å². The Kier molecular flexibility index (Phi) is 4.26. The van der Waals surface area contributed by atoms with Gasteiger partial charge in [-0.1, -0.05) is 29.3 Å². The van der Waals surface area contributed by atoms with Crippen molar-refractivity contribution in [1.82, 2.24) is 9.78 Å². The lowest BCUT2D eigenvalue weighted by Crippen LogP contribution is -2.05. The zero-order valence-electron chi connectivity index (χ0n) is 12.9. The summed E-state index contributed by atoms with van der Waals surface area (Å²) in [4.78, 5) is 0. The van der Waals surface area contributed by atoms with Gasteiger partial charge >= 0.3 is 6.18 Å². The van der Waals surface area contributed by atoms with Gasteiger partial charge in [-0.3, -0.25) is 4.68 Å². The third kappa shape index (κ3) is 2.98. The number of fused-ring (bicyclic) bond motifs is 1. The molecule has 0 saturated heterocycles. The third-order valence-corrected chi connectivity index (χ3v) is 4.70. The van der Waals surface area contributed by atoms with Crippen LogP contribution < -0.4 is 0 Å². The smallest absolute Gasteiger partial charge is 0.264 e. The van der Waals surface area contributed by atoms with Gasteiger partial charge in [-0.25, -0.2) is 0 Å². The van der Waals surface area contributed by atoms with E-state index >= 15 is 0 Å². The number of hydrogen-bond acceptors (Lipinski definition) is 1. The Morgan fingerprint density at radius 3 is 2.29 bits per heavy atom. The molecular formula is C17H13Cl2F3N2. The molecule has 0 fully saturated rings. The second-order valence-electron chi connectivity index (χ2n) is 5.63. The molecule has 7 heteroatoms. The molecule has 0 aliphatic carbocycles. The maximum absolute atomic E-state index is 13.0. The van der Waals surface area contributed by atoms with Crippen molar-refractivity contribution in [2.75, 3.05) is 0 Å². The second kappa shape index (κ2) is 5.97. The van der Waals surface area contributed by atoms with Gasteiger partial charge in [0, 0.05) is 26.7 Å². The number of aryl methyl sites for hydroxylation is 2. The molecule has 3 rings (SSSR count). The van der Waals surface area contributed by atoms with E-state index in [0.29, 0.717) is 44.3 Å². The SMILES string of the molecule is Cc1cc(C(F)(F)F)cc2c(C)n(Cc3c(Cl)cccc3Cl)nc12. The zero-order chi connectivity index (χ0) is 17.6. The number of aromatic nitrogens is 2. The molecule has 0 spiro atoms. The van der Waals surface area contributed by atoms with Gasteiger partial charge in [-0.05, 0) is 43.7 Å². The quantitative estimate of drug-likeness (QED) is 0.537. The molecule has 1 aromatic heterocycles. The van der Waals surface area contributed by atoms with Gasteiger partial charge in [0.2, 0.25) is 0 Å². The van der Waals surface area contributed by atoms with E-state index in [1.165, 1.54) is 0 Å². The lowest BCUT2D eigenvalue weighted by molar-refractivity contribution is -0.137. The van der Waals surface area contributed by atoms with Crippen LogP contribution in [0.25, 0.3) is 10.9 Å². The summed E-state index contributed by atoms with van der Waals surface area (Å²) in [6, 6.07) is 7.42. The molecule has 0 bridgehead atoms. The number of halogens is 5. The molecule has 0 aliphatic rings. The van der Waals surface area contributed by atoms with Crippen LogP contribution in [0.4, 0.5) is 13.2 Å². The van der Waals surface area contributed by atoms with Gasteiger partial charge in [-0.15, -0.1) is 0 Å². The van der Waals surface area contributed by atoms with Crippen molar-refractivity contribution in [3.05, 3.63) is 62.8 Å². The molecule has 2 aromatic carbocycles. The van der Waals surface area contributed by atoms with E-state index in [4.69, 9.17) is 23.2 Å². The minimum absolute atomic E-state index is 0.291. The molecule has 1 heterocycles. The Balaban J connectivity index is 2.14. The summed E-state index contributed by atoms with van der Waals surface area (Å²) in [5, 5.41) is 5.91. The molecule has 3 aromatic rings. The van der Waals surface area contributed by atoms with Crippen molar-refractivity contribution >= 4 is 34.1 Å². The van der Waals surface area contributed by atoms with E-state index in [1.54, 1.807) is 36.7 Å². The van der Waals surface area contributed by atoms with Gasteiger partial charge in [0.15, 0.2) is 0 Å². The van der Waals surface area contributed by atoms with Crippen LogP contribution in [-0.2, 0) is 12.7 Å². The zero-order valence-corrected chi connectivity index (χ0v) is 14.4. The summed E-state index contributed by atoms with van der Waals surface area (Å²) in [5.41, 5.74) is 1.67. The molecule has 0 atom stereocenters. The van der Waals surface area contributed by atoms with E-state index in [1.807, 2.05) is 0 Å². The number of nitrogens with zero attached hydrogens (tertiary/aromatic N) is 2. The highest BCUT2D eigenvalue weighted by Gasteiger charge is 2.31. The third-order valence-electron chi connectivity index (χ3n) is 4.00. The van der Waals surface area contributed by atoms with Crippen LogP contribution in [0.3, 0.4) is 0 Å². The molecule has 0 aliphatic heterocycles. The standard InChI is InChI=1S/C17H13Cl2F3N2/c1-9-6-11(17(20,21)22)7-12-10(2)24(23-16(9)12)8-13-14(18)4-3-5-15(13)19/h3-7H,8H2,1-2H3. The molecule has 0 radical (unpaired) electrons.